The smallest absolute Gasteiger partial charge is 0.142 e. The van der Waals surface area contributed by atoms with E-state index in [4.69, 9.17) is 9.47 Å². The molecule has 0 unspecified atom stereocenters. The molecule has 124 heavy (non-hydrogen) atoms. The Balaban J connectivity index is 0.000000706. The molecule has 0 amide bonds. The minimum absolute atomic E-state index is 0.0719. The maximum atomic E-state index is 5.86. The van der Waals surface area contributed by atoms with Crippen LogP contribution in [0.4, 0.5) is 39.8 Å². The summed E-state index contributed by atoms with van der Waals surface area (Å²) in [5.41, 5.74) is 17.3. The molecule has 7 heterocycles. The molecule has 7 aromatic rings. The number of anilines is 7. The van der Waals surface area contributed by atoms with Crippen LogP contribution in [0.25, 0.3) is 0 Å². The largest absolute Gasteiger partial charge is 0.491 e. The zero-order valence-corrected chi connectivity index (χ0v) is 89.2. The lowest BCUT2D eigenvalue weighted by molar-refractivity contribution is 0.205. The summed E-state index contributed by atoms with van der Waals surface area (Å²) in [6.07, 6.45) is 16.3. The van der Waals surface area contributed by atoms with Gasteiger partial charge in [0, 0.05) is 109 Å². The van der Waals surface area contributed by atoms with E-state index in [-0.39, 0.29) is 33.2 Å². The summed E-state index contributed by atoms with van der Waals surface area (Å²) in [5.74, 6) is 3.20. The van der Waals surface area contributed by atoms with Crippen molar-refractivity contribution in [3.63, 3.8) is 0 Å². The molecule has 0 atom stereocenters. The summed E-state index contributed by atoms with van der Waals surface area (Å²) in [5, 5.41) is 0. The molecule has 0 saturated carbocycles. The first-order valence-electron chi connectivity index (χ1n) is 49.7. The Labute approximate surface area is 773 Å². The van der Waals surface area contributed by atoms with Gasteiger partial charge in [-0.25, -0.2) is 0 Å². The van der Waals surface area contributed by atoms with Crippen LogP contribution < -0.4 is 43.8 Å². The Morgan fingerprint density at radius 2 is 0.516 bits per heavy atom. The van der Waals surface area contributed by atoms with Crippen LogP contribution in [-0.4, -0.2) is 100 Å². The molecule has 0 bridgehead atoms. The van der Waals surface area contributed by atoms with Crippen molar-refractivity contribution in [3.05, 3.63) is 192 Å². The maximum absolute atomic E-state index is 5.86. The maximum Gasteiger partial charge on any atom is 0.142 e. The van der Waals surface area contributed by atoms with Crippen LogP contribution in [0, 0.1) is 0 Å². The summed E-state index contributed by atoms with van der Waals surface area (Å²) >= 11 is 1.98. The third-order valence-corrected chi connectivity index (χ3v) is 25.0. The van der Waals surface area contributed by atoms with E-state index in [1.807, 2.05) is 127 Å². The number of para-hydroxylation sites is 9. The van der Waals surface area contributed by atoms with Gasteiger partial charge in [-0.2, -0.15) is 0 Å². The third-order valence-electron chi connectivity index (χ3n) is 23.5. The summed E-state index contributed by atoms with van der Waals surface area (Å²) in [6, 6.07) is 64.6. The SMILES string of the molecule is CC.CC.CC.CC.CC.CC.CC.CC(C)N1c2ccccc2CC1(C)C.CC(C)N1c2ccccc2CCC1(C)C.CC(C)N1c2ccccc2CCCC1(C)C.CC(C)N1c2ccccc2CCCCCC1(C)C.CC(C)N1c2ccccc2OCC1(C)C.CC(C)N1c2ccccc2OCCCC1(C)C.CC(C)N1c2ccccc2SCC1(C)C. The van der Waals surface area contributed by atoms with Crippen LogP contribution in [0.1, 0.15) is 371 Å². The Kier molecular flexibility index (Phi) is 51.7. The average molecular weight is 1730 g/mol. The van der Waals surface area contributed by atoms with Crippen molar-refractivity contribution in [2.24, 2.45) is 0 Å². The van der Waals surface area contributed by atoms with Crippen LogP contribution in [-0.2, 0) is 25.7 Å². The fraction of sp³-hybridized carbons (Fsp3) is 0.632. The summed E-state index contributed by atoms with van der Waals surface area (Å²) < 4.78 is 11.6. The molecule has 0 N–H and O–H groups in total. The molecule has 0 radical (unpaired) electrons. The zero-order valence-electron chi connectivity index (χ0n) is 88.4. The van der Waals surface area contributed by atoms with Gasteiger partial charge >= 0.3 is 0 Å². The predicted molar refractivity (Wildman–Crippen MR) is 564 cm³/mol. The molecule has 0 saturated heterocycles. The molecule has 9 nitrogen and oxygen atoms in total. The summed E-state index contributed by atoms with van der Waals surface area (Å²) in [6.45, 7) is 94.1. The number of hydrogen-bond acceptors (Lipinski definition) is 10. The number of thioether (sulfide) groups is 1. The molecule has 0 fully saturated rings. The van der Waals surface area contributed by atoms with Gasteiger partial charge in [-0.15, -0.1) is 11.8 Å². The highest BCUT2D eigenvalue weighted by Gasteiger charge is 2.41. The standard InChI is InChI=1S/C17H27N.C15H23NO.C15H23N.C14H21N.C13H19NO.C13H19NS.C13H19N.7C2H6/c1-14(2)18-16-12-8-7-11-15(16)10-6-5-9-13-17(18,3)4;1-12(2)16-13-8-5-6-9-14(13)17-11-7-10-15(16,3)4;1-12(2)16-14-10-6-5-8-13(14)9-7-11-15(16,3)4;1-11(2)15-13-8-6-5-7-12(13)9-10-14(15,3)4;2*1-10(2)14-11-7-5-6-8-12(11)15-9-13(14,3)4;1-10(2)14-12-8-6-5-7-11(12)9-13(14,3)4;7*1-2/h7-8,11-12,14H,5-6,9-10,13H2,1-4H3;5-6,8-9,12H,7,10-11H2,1-4H3;5-6,8,10,12H,7,9,11H2,1-4H3;5-8,11H,9-10H2,1-4H3;2*5-8,10H,9H2,1-4H3;5-8,10H,9H2,1-4H3;7*1-2H3. The van der Waals surface area contributed by atoms with Crippen molar-refractivity contribution < 1.29 is 9.47 Å². The highest BCUT2D eigenvalue weighted by atomic mass is 32.2. The fourth-order valence-corrected chi connectivity index (χ4v) is 20.9. The molecular weight excluding hydrogens is 1530 g/mol. The second kappa shape index (κ2) is 55.7. The van der Waals surface area contributed by atoms with E-state index in [2.05, 4.69) is 380 Å². The Bertz CT molecular complexity index is 3820. The van der Waals surface area contributed by atoms with E-state index in [1.165, 1.54) is 150 Å². The minimum atomic E-state index is 0.0719. The van der Waals surface area contributed by atoms with Crippen molar-refractivity contribution >= 4 is 51.6 Å². The van der Waals surface area contributed by atoms with Gasteiger partial charge in [-0.05, 0) is 347 Å². The van der Waals surface area contributed by atoms with Gasteiger partial charge in [0.05, 0.1) is 29.2 Å². The van der Waals surface area contributed by atoms with Gasteiger partial charge in [-0.1, -0.05) is 219 Å². The average Bonchev–Trinajstić information content (AvgIpc) is 1.27. The number of aryl methyl sites for hydroxylation is 3. The summed E-state index contributed by atoms with van der Waals surface area (Å²) in [7, 11) is 0. The van der Waals surface area contributed by atoms with E-state index >= 15 is 0 Å². The lowest BCUT2D eigenvalue weighted by Crippen LogP contribution is -2.54. The molecule has 10 heteroatoms. The van der Waals surface area contributed by atoms with Crippen LogP contribution >= 0.6 is 11.8 Å². The first-order valence-corrected chi connectivity index (χ1v) is 50.7. The van der Waals surface area contributed by atoms with Gasteiger partial charge in [0.2, 0.25) is 0 Å². The van der Waals surface area contributed by atoms with Crippen molar-refractivity contribution in [2.45, 2.75) is 460 Å². The minimum Gasteiger partial charge on any atom is -0.491 e. The van der Waals surface area contributed by atoms with E-state index in [1.54, 1.807) is 0 Å². The van der Waals surface area contributed by atoms with Crippen LogP contribution in [0.5, 0.6) is 11.5 Å². The molecule has 7 aliphatic rings. The van der Waals surface area contributed by atoms with E-state index < -0.39 is 0 Å². The molecule has 702 valence electrons. The van der Waals surface area contributed by atoms with E-state index in [0.717, 1.165) is 31.1 Å². The highest BCUT2D eigenvalue weighted by Crippen LogP contribution is 2.46. The van der Waals surface area contributed by atoms with Crippen molar-refractivity contribution in [3.8, 4) is 11.5 Å². The van der Waals surface area contributed by atoms with Gasteiger partial charge in [0.1, 0.15) is 18.1 Å². The molecule has 7 aromatic carbocycles. The van der Waals surface area contributed by atoms with Crippen molar-refractivity contribution in [1.82, 2.24) is 0 Å². The van der Waals surface area contributed by atoms with Crippen LogP contribution in [0.15, 0.2) is 175 Å². The highest BCUT2D eigenvalue weighted by molar-refractivity contribution is 7.99. The van der Waals surface area contributed by atoms with Crippen molar-refractivity contribution in [1.29, 1.82) is 0 Å². The van der Waals surface area contributed by atoms with E-state index in [9.17, 15) is 0 Å². The molecule has 0 spiro atoms. The lowest BCUT2D eigenvalue weighted by atomic mass is 9.86. The molecule has 0 aromatic heterocycles. The topological polar surface area (TPSA) is 41.1 Å². The number of fused-ring (bicyclic) bond motifs is 7. The number of nitrogens with zero attached hydrogens (tertiary/aromatic N) is 7. The van der Waals surface area contributed by atoms with Gasteiger partial charge < -0.3 is 43.8 Å². The van der Waals surface area contributed by atoms with Crippen molar-refractivity contribution in [2.75, 3.05) is 53.3 Å². The molecule has 7 aliphatic heterocycles. The Hall–Kier alpha value is -6.91. The number of hydrogen-bond donors (Lipinski definition) is 0. The molecular formula is C114H193N7O2S. The fourth-order valence-electron chi connectivity index (χ4n) is 19.8. The first-order chi connectivity index (χ1) is 58.7. The Morgan fingerprint density at radius 1 is 0.242 bits per heavy atom. The third kappa shape index (κ3) is 32.4. The summed E-state index contributed by atoms with van der Waals surface area (Å²) in [4.78, 5) is 19.2. The number of benzene rings is 7. The number of ether oxygens (including phenoxy) is 2. The lowest BCUT2D eigenvalue weighted by Gasteiger charge is -2.47. The van der Waals surface area contributed by atoms with Crippen LogP contribution in [0.2, 0.25) is 0 Å². The normalized spacial score (nSPS) is 17.4. The monoisotopic (exact) mass is 1720 g/mol. The van der Waals surface area contributed by atoms with Gasteiger partial charge in [0.15, 0.2) is 0 Å². The van der Waals surface area contributed by atoms with Gasteiger partial charge in [0.25, 0.3) is 0 Å². The molecule has 0 aliphatic carbocycles. The second-order valence-electron chi connectivity index (χ2n) is 38.5. The van der Waals surface area contributed by atoms with E-state index in [0.29, 0.717) is 47.8 Å². The first kappa shape index (κ1) is 115. The number of rotatable bonds is 7. The van der Waals surface area contributed by atoms with Gasteiger partial charge in [-0.3, -0.25) is 0 Å². The quantitative estimate of drug-likeness (QED) is 0.154. The Morgan fingerprint density at radius 3 is 0.919 bits per heavy atom. The van der Waals surface area contributed by atoms with Crippen LogP contribution in [0.3, 0.4) is 0 Å². The molecule has 14 rings (SSSR count). The second-order valence-corrected chi connectivity index (χ2v) is 39.5. The zero-order chi connectivity index (χ0) is 94.9. The predicted octanol–water partition coefficient (Wildman–Crippen LogP) is 33.6.